The Kier molecular flexibility index (Phi) is 6.23. The first-order chi connectivity index (χ1) is 15.5. The first-order valence-corrected chi connectivity index (χ1v) is 10.2. The van der Waals surface area contributed by atoms with Gasteiger partial charge in [0.15, 0.2) is 17.3 Å². The molecule has 0 unspecified atom stereocenters. The zero-order chi connectivity index (χ0) is 22.7. The largest absolute Gasteiger partial charge is 0.496 e. The van der Waals surface area contributed by atoms with E-state index in [1.165, 1.54) is 7.11 Å². The zero-order valence-corrected chi connectivity index (χ0v) is 18.6. The Morgan fingerprint density at radius 3 is 2.34 bits per heavy atom. The van der Waals surface area contributed by atoms with E-state index in [1.807, 2.05) is 24.3 Å². The topological polar surface area (TPSA) is 63.2 Å². The quantitative estimate of drug-likeness (QED) is 0.437. The highest BCUT2D eigenvalue weighted by Gasteiger charge is 2.28. The van der Waals surface area contributed by atoms with E-state index in [2.05, 4.69) is 0 Å². The third kappa shape index (κ3) is 4.22. The summed E-state index contributed by atoms with van der Waals surface area (Å²) in [6.45, 7) is 0.304. The summed E-state index contributed by atoms with van der Waals surface area (Å²) in [7, 11) is 4.62. The lowest BCUT2D eigenvalue weighted by molar-refractivity contribution is 0.101. The molecule has 7 heteroatoms. The number of Topliss-reactive ketones (excluding diaryl/α,β-unsaturated/α-hetero) is 1. The van der Waals surface area contributed by atoms with Crippen molar-refractivity contribution in [2.24, 2.45) is 0 Å². The van der Waals surface area contributed by atoms with Gasteiger partial charge < -0.3 is 23.7 Å². The molecule has 0 saturated carbocycles. The maximum Gasteiger partial charge on any atom is 0.231 e. The Morgan fingerprint density at radius 2 is 1.62 bits per heavy atom. The van der Waals surface area contributed by atoms with Crippen LogP contribution in [0.25, 0.3) is 6.08 Å². The highest BCUT2D eigenvalue weighted by atomic mass is 35.5. The molecule has 0 bridgehead atoms. The molecule has 1 aliphatic heterocycles. The normalized spacial score (nSPS) is 13.5. The molecule has 3 aromatic carbocycles. The molecule has 0 N–H and O–H groups in total. The number of halogens is 1. The second kappa shape index (κ2) is 9.24. The predicted octanol–water partition coefficient (Wildman–Crippen LogP) is 5.56. The smallest absolute Gasteiger partial charge is 0.231 e. The lowest BCUT2D eigenvalue weighted by atomic mass is 10.1. The van der Waals surface area contributed by atoms with Crippen molar-refractivity contribution in [3.8, 4) is 28.7 Å². The number of rotatable bonds is 7. The molecular weight excluding hydrogens is 432 g/mol. The number of carbonyl (C=O) groups excluding carboxylic acids is 1. The lowest BCUT2D eigenvalue weighted by Gasteiger charge is -2.12. The van der Waals surface area contributed by atoms with Gasteiger partial charge in [-0.1, -0.05) is 29.8 Å². The Labute approximate surface area is 190 Å². The molecule has 32 heavy (non-hydrogen) atoms. The maximum atomic E-state index is 12.9. The van der Waals surface area contributed by atoms with Crippen LogP contribution in [-0.4, -0.2) is 27.1 Å². The van der Waals surface area contributed by atoms with Gasteiger partial charge in [-0.2, -0.15) is 0 Å². The summed E-state index contributed by atoms with van der Waals surface area (Å²) in [5.74, 6) is 2.50. The van der Waals surface area contributed by atoms with Crippen LogP contribution < -0.4 is 23.7 Å². The van der Waals surface area contributed by atoms with Crippen LogP contribution in [0, 0.1) is 0 Å². The number of ketones is 1. The molecular formula is C25H21ClO6. The molecule has 0 aliphatic carbocycles. The fourth-order valence-corrected chi connectivity index (χ4v) is 3.53. The van der Waals surface area contributed by atoms with Crippen molar-refractivity contribution in [2.75, 3.05) is 21.3 Å². The molecule has 0 saturated heterocycles. The number of ether oxygens (including phenoxy) is 5. The number of hydrogen-bond acceptors (Lipinski definition) is 6. The van der Waals surface area contributed by atoms with E-state index in [4.69, 9.17) is 35.3 Å². The van der Waals surface area contributed by atoms with Crippen LogP contribution in [-0.2, 0) is 6.61 Å². The van der Waals surface area contributed by atoms with Crippen molar-refractivity contribution in [3.63, 3.8) is 0 Å². The molecule has 4 rings (SSSR count). The summed E-state index contributed by atoms with van der Waals surface area (Å²) in [4.78, 5) is 12.9. The monoisotopic (exact) mass is 452 g/mol. The van der Waals surface area contributed by atoms with Gasteiger partial charge >= 0.3 is 0 Å². The summed E-state index contributed by atoms with van der Waals surface area (Å²) in [5, 5.41) is 0.633. The van der Waals surface area contributed by atoms with Crippen LogP contribution in [0.4, 0.5) is 0 Å². The maximum absolute atomic E-state index is 12.9. The molecule has 0 fully saturated rings. The van der Waals surface area contributed by atoms with E-state index in [0.717, 1.165) is 5.56 Å². The van der Waals surface area contributed by atoms with Crippen molar-refractivity contribution in [1.82, 2.24) is 0 Å². The minimum absolute atomic E-state index is 0.175. The van der Waals surface area contributed by atoms with Crippen LogP contribution >= 0.6 is 11.6 Å². The molecule has 0 radical (unpaired) electrons. The third-order valence-electron chi connectivity index (χ3n) is 5.02. The molecule has 1 heterocycles. The van der Waals surface area contributed by atoms with Crippen LogP contribution in [0.3, 0.4) is 0 Å². The highest BCUT2D eigenvalue weighted by Crippen LogP contribution is 2.39. The van der Waals surface area contributed by atoms with Crippen LogP contribution in [0.1, 0.15) is 21.5 Å². The summed E-state index contributed by atoms with van der Waals surface area (Å²) in [6.07, 6.45) is 1.62. The average Bonchev–Trinajstić information content (AvgIpc) is 3.12. The van der Waals surface area contributed by atoms with E-state index in [0.29, 0.717) is 51.5 Å². The highest BCUT2D eigenvalue weighted by molar-refractivity contribution is 6.31. The number of allylic oxidation sites excluding steroid dienone is 1. The van der Waals surface area contributed by atoms with Crippen molar-refractivity contribution >= 4 is 23.5 Å². The molecule has 3 aromatic rings. The van der Waals surface area contributed by atoms with Crippen molar-refractivity contribution < 1.29 is 28.5 Å². The van der Waals surface area contributed by atoms with Crippen molar-refractivity contribution in [2.45, 2.75) is 6.61 Å². The SMILES string of the molecule is COc1cc(OC)c(OC)cc1C=C1Oc2cc(OCc3ccccc3Cl)ccc2C1=O. The summed E-state index contributed by atoms with van der Waals surface area (Å²) < 4.78 is 27.8. The summed E-state index contributed by atoms with van der Waals surface area (Å²) in [6, 6.07) is 16.0. The van der Waals surface area contributed by atoms with Gasteiger partial charge in [-0.15, -0.1) is 0 Å². The molecule has 164 valence electrons. The Bertz CT molecular complexity index is 1200. The lowest BCUT2D eigenvalue weighted by Crippen LogP contribution is -2.00. The molecule has 0 aromatic heterocycles. The van der Waals surface area contributed by atoms with E-state index in [1.54, 1.807) is 50.6 Å². The van der Waals surface area contributed by atoms with Gasteiger partial charge in [0.25, 0.3) is 0 Å². The van der Waals surface area contributed by atoms with Crippen LogP contribution in [0.15, 0.2) is 60.4 Å². The standard InChI is InChI=1S/C25H21ClO6/c1-28-20-13-23(30-3)22(29-2)10-16(20)11-24-25(27)18-9-8-17(12-21(18)32-24)31-14-15-6-4-5-7-19(15)26/h4-13H,14H2,1-3H3. The molecule has 0 atom stereocenters. The minimum atomic E-state index is -0.227. The van der Waals surface area contributed by atoms with Gasteiger partial charge in [0.2, 0.25) is 5.78 Å². The van der Waals surface area contributed by atoms with Crippen molar-refractivity contribution in [3.05, 3.63) is 82.1 Å². The molecule has 6 nitrogen and oxygen atoms in total. The fourth-order valence-electron chi connectivity index (χ4n) is 3.34. The first-order valence-electron chi connectivity index (χ1n) is 9.78. The Hall–Kier alpha value is -3.64. The van der Waals surface area contributed by atoms with Gasteiger partial charge in [-0.25, -0.2) is 0 Å². The van der Waals surface area contributed by atoms with E-state index in [-0.39, 0.29) is 11.5 Å². The van der Waals surface area contributed by atoms with Crippen molar-refractivity contribution in [1.29, 1.82) is 0 Å². The first kappa shape index (κ1) is 21.6. The minimum Gasteiger partial charge on any atom is -0.496 e. The van der Waals surface area contributed by atoms with E-state index in [9.17, 15) is 4.79 Å². The number of carbonyl (C=O) groups is 1. The molecule has 1 aliphatic rings. The molecule has 0 spiro atoms. The van der Waals surface area contributed by atoms with Gasteiger partial charge in [0.1, 0.15) is 23.9 Å². The molecule has 0 amide bonds. The second-order valence-corrected chi connectivity index (χ2v) is 7.33. The third-order valence-corrected chi connectivity index (χ3v) is 5.38. The van der Waals surface area contributed by atoms with Crippen LogP contribution in [0.5, 0.6) is 28.7 Å². The van der Waals surface area contributed by atoms with Gasteiger partial charge in [-0.3, -0.25) is 4.79 Å². The summed E-state index contributed by atoms with van der Waals surface area (Å²) >= 11 is 6.18. The van der Waals surface area contributed by atoms with Gasteiger partial charge in [0, 0.05) is 28.3 Å². The zero-order valence-electron chi connectivity index (χ0n) is 17.8. The summed E-state index contributed by atoms with van der Waals surface area (Å²) in [5.41, 5.74) is 1.95. The average molecular weight is 453 g/mol. The Balaban J connectivity index is 1.58. The number of methoxy groups -OCH3 is 3. The predicted molar refractivity (Wildman–Crippen MR) is 121 cm³/mol. The van der Waals surface area contributed by atoms with Crippen LogP contribution in [0.2, 0.25) is 5.02 Å². The van der Waals surface area contributed by atoms with E-state index >= 15 is 0 Å². The number of hydrogen-bond donors (Lipinski definition) is 0. The van der Waals surface area contributed by atoms with Gasteiger partial charge in [0.05, 0.1) is 26.9 Å². The van der Waals surface area contributed by atoms with Gasteiger partial charge in [-0.05, 0) is 30.3 Å². The Morgan fingerprint density at radius 1 is 0.906 bits per heavy atom. The second-order valence-electron chi connectivity index (χ2n) is 6.93. The number of benzene rings is 3. The number of fused-ring (bicyclic) bond motifs is 1. The fraction of sp³-hybridized carbons (Fsp3) is 0.160. The van der Waals surface area contributed by atoms with E-state index < -0.39 is 0 Å².